The number of nitrogen functional groups attached to an aromatic ring is 1. The Kier molecular flexibility index (Phi) is 5.00. The molecule has 0 spiro atoms. The van der Waals surface area contributed by atoms with Crippen LogP contribution in [0.1, 0.15) is 0 Å². The minimum Gasteiger partial charge on any atom is -0.492 e. The fourth-order valence-corrected chi connectivity index (χ4v) is 4.43. The average molecular weight is 318 g/mol. The quantitative estimate of drug-likeness (QED) is 0.774. The molecule has 1 aliphatic rings. The van der Waals surface area contributed by atoms with Gasteiger partial charge in [-0.25, -0.2) is 8.42 Å². The molecule has 0 amide bonds. The van der Waals surface area contributed by atoms with Crippen molar-refractivity contribution in [2.24, 2.45) is 0 Å². The van der Waals surface area contributed by atoms with Gasteiger partial charge in [-0.1, -0.05) is 0 Å². The summed E-state index contributed by atoms with van der Waals surface area (Å²) >= 11 is 0. The topological polar surface area (TPSA) is 89.7 Å². The Bertz CT molecular complexity index is 562. The fourth-order valence-electron chi connectivity index (χ4n) is 1.86. The first kappa shape index (κ1) is 15.3. The van der Waals surface area contributed by atoms with E-state index in [1.165, 1.54) is 4.31 Å². The lowest BCUT2D eigenvalue weighted by Crippen LogP contribution is -2.43. The molecule has 1 aromatic carbocycles. The molecule has 8 heteroatoms. The number of rotatable bonds is 5. The van der Waals surface area contributed by atoms with E-state index in [1.54, 1.807) is 24.3 Å². The smallest absolute Gasteiger partial charge is 0.217 e. The summed E-state index contributed by atoms with van der Waals surface area (Å²) in [5.41, 5.74) is 6.18. The minimum absolute atomic E-state index is 0.0794. The Morgan fingerprint density at radius 3 is 2.40 bits per heavy atom. The maximum Gasteiger partial charge on any atom is 0.217 e. The lowest BCUT2D eigenvalue weighted by Gasteiger charge is -2.25. The summed E-state index contributed by atoms with van der Waals surface area (Å²) in [6.07, 6.45) is 0. The Morgan fingerprint density at radius 1 is 1.20 bits per heavy atom. The lowest BCUT2D eigenvalue weighted by molar-refractivity contribution is 0.335. The van der Waals surface area contributed by atoms with E-state index in [0.29, 0.717) is 36.0 Å². The van der Waals surface area contributed by atoms with Crippen LogP contribution in [-0.4, -0.2) is 53.9 Å². The van der Waals surface area contributed by atoms with Crippen LogP contribution in [0.4, 0.5) is 5.69 Å². The summed E-state index contributed by atoms with van der Waals surface area (Å²) in [6, 6.07) is 6.80. The number of benzene rings is 1. The molecule has 0 aromatic heterocycles. The Balaban J connectivity index is 1.83. The second-order valence-corrected chi connectivity index (χ2v) is 8.27. The summed E-state index contributed by atoms with van der Waals surface area (Å²) < 4.78 is 42.1. The minimum atomic E-state index is -3.34. The van der Waals surface area contributed by atoms with Gasteiger partial charge in [-0.05, 0) is 24.3 Å². The maximum absolute atomic E-state index is 12.1. The highest BCUT2D eigenvalue weighted by Gasteiger charge is 2.26. The average Bonchev–Trinajstić information content (AvgIpc) is 2.41. The van der Waals surface area contributed by atoms with Gasteiger partial charge in [-0.2, -0.15) is 4.31 Å². The fraction of sp³-hybridized carbons (Fsp3) is 0.500. The molecule has 1 aliphatic heterocycles. The molecule has 0 saturated carbocycles. The van der Waals surface area contributed by atoms with Gasteiger partial charge in [-0.3, -0.25) is 4.21 Å². The van der Waals surface area contributed by atoms with E-state index in [2.05, 4.69) is 0 Å². The van der Waals surface area contributed by atoms with Gasteiger partial charge in [0.1, 0.15) is 12.4 Å². The van der Waals surface area contributed by atoms with Gasteiger partial charge >= 0.3 is 0 Å². The summed E-state index contributed by atoms with van der Waals surface area (Å²) in [7, 11) is -4.22. The van der Waals surface area contributed by atoms with E-state index >= 15 is 0 Å². The summed E-state index contributed by atoms with van der Waals surface area (Å²) in [4.78, 5) is 0. The first-order valence-corrected chi connectivity index (χ1v) is 9.38. The van der Waals surface area contributed by atoms with E-state index in [1.807, 2.05) is 0 Å². The van der Waals surface area contributed by atoms with E-state index in [4.69, 9.17) is 10.5 Å². The van der Waals surface area contributed by atoms with Gasteiger partial charge in [0.25, 0.3) is 0 Å². The van der Waals surface area contributed by atoms with Crippen LogP contribution in [0.5, 0.6) is 5.75 Å². The number of nitrogens with two attached hydrogens (primary N) is 1. The van der Waals surface area contributed by atoms with Gasteiger partial charge in [0.2, 0.25) is 10.0 Å². The first-order valence-electron chi connectivity index (χ1n) is 6.28. The predicted octanol–water partition coefficient (Wildman–Crippen LogP) is 0.0417. The van der Waals surface area contributed by atoms with Gasteiger partial charge in [0, 0.05) is 41.1 Å². The van der Waals surface area contributed by atoms with Crippen LogP contribution in [0, 0.1) is 0 Å². The highest BCUT2D eigenvalue weighted by molar-refractivity contribution is 7.89. The second-order valence-electron chi connectivity index (χ2n) is 4.48. The Morgan fingerprint density at radius 2 is 1.80 bits per heavy atom. The Labute approximate surface area is 121 Å². The molecule has 1 saturated heterocycles. The molecule has 0 aliphatic carbocycles. The van der Waals surface area contributed by atoms with E-state index in [9.17, 15) is 12.6 Å². The molecule has 0 unspecified atom stereocenters. The summed E-state index contributed by atoms with van der Waals surface area (Å²) in [6.45, 7) is 0.749. The highest BCUT2D eigenvalue weighted by Crippen LogP contribution is 2.13. The SMILES string of the molecule is Nc1ccc(OCCS(=O)(=O)N2CCS(=O)CC2)cc1. The molecule has 2 rings (SSSR count). The molecule has 0 bridgehead atoms. The summed E-state index contributed by atoms with van der Waals surface area (Å²) in [5, 5.41) is 0. The number of nitrogens with zero attached hydrogens (tertiary/aromatic N) is 1. The van der Waals surface area contributed by atoms with Gasteiger partial charge < -0.3 is 10.5 Å². The van der Waals surface area contributed by atoms with Crippen molar-refractivity contribution in [3.63, 3.8) is 0 Å². The predicted molar refractivity (Wildman–Crippen MR) is 79.6 cm³/mol. The molecular weight excluding hydrogens is 300 g/mol. The molecule has 2 N–H and O–H groups in total. The molecule has 1 fully saturated rings. The van der Waals surface area contributed by atoms with Gasteiger partial charge in [-0.15, -0.1) is 0 Å². The molecule has 0 radical (unpaired) electrons. The standard InChI is InChI=1S/C12H18N2O4S2/c13-11-1-3-12(4-2-11)18-7-10-20(16,17)14-5-8-19(15)9-6-14/h1-4H,5-10,13H2. The monoisotopic (exact) mass is 318 g/mol. The van der Waals surface area contributed by atoms with Crippen molar-refractivity contribution in [3.8, 4) is 5.75 Å². The Hall–Kier alpha value is -1.12. The van der Waals surface area contributed by atoms with Crippen molar-refractivity contribution in [2.75, 3.05) is 42.7 Å². The van der Waals surface area contributed by atoms with Crippen molar-refractivity contribution in [1.82, 2.24) is 4.31 Å². The third-order valence-corrected chi connectivity index (χ3v) is 6.13. The van der Waals surface area contributed by atoms with Crippen molar-refractivity contribution >= 4 is 26.5 Å². The molecule has 0 atom stereocenters. The molecule has 6 nitrogen and oxygen atoms in total. The van der Waals surface area contributed by atoms with E-state index < -0.39 is 20.8 Å². The van der Waals surface area contributed by atoms with Crippen molar-refractivity contribution in [3.05, 3.63) is 24.3 Å². The molecular formula is C12H18N2O4S2. The van der Waals surface area contributed by atoms with Gasteiger partial charge in [0.05, 0.1) is 5.75 Å². The number of hydrogen-bond donors (Lipinski definition) is 1. The normalized spacial score (nSPS) is 18.0. The number of anilines is 1. The number of sulfonamides is 1. The van der Waals surface area contributed by atoms with Crippen molar-refractivity contribution < 1.29 is 17.4 Å². The van der Waals surface area contributed by atoms with Crippen LogP contribution < -0.4 is 10.5 Å². The number of hydrogen-bond acceptors (Lipinski definition) is 5. The highest BCUT2D eigenvalue weighted by atomic mass is 32.2. The zero-order chi connectivity index (χ0) is 14.6. The van der Waals surface area contributed by atoms with E-state index in [0.717, 1.165) is 0 Å². The zero-order valence-electron chi connectivity index (χ0n) is 11.0. The van der Waals surface area contributed by atoms with Crippen LogP contribution in [-0.2, 0) is 20.8 Å². The molecule has 1 aromatic rings. The molecule has 20 heavy (non-hydrogen) atoms. The lowest BCUT2D eigenvalue weighted by atomic mass is 10.3. The van der Waals surface area contributed by atoms with Crippen LogP contribution in [0.15, 0.2) is 24.3 Å². The van der Waals surface area contributed by atoms with Crippen molar-refractivity contribution in [2.45, 2.75) is 0 Å². The first-order chi connectivity index (χ1) is 9.47. The van der Waals surface area contributed by atoms with Crippen LogP contribution in [0.2, 0.25) is 0 Å². The van der Waals surface area contributed by atoms with Crippen LogP contribution in [0.3, 0.4) is 0 Å². The van der Waals surface area contributed by atoms with Crippen molar-refractivity contribution in [1.29, 1.82) is 0 Å². The maximum atomic E-state index is 12.1. The van der Waals surface area contributed by atoms with Gasteiger partial charge in [0.15, 0.2) is 0 Å². The third kappa shape index (κ3) is 4.19. The van der Waals surface area contributed by atoms with Crippen LogP contribution >= 0.6 is 0 Å². The van der Waals surface area contributed by atoms with E-state index in [-0.39, 0.29) is 12.4 Å². The molecule has 1 heterocycles. The molecule has 112 valence electrons. The third-order valence-electron chi connectivity index (χ3n) is 3.02. The summed E-state index contributed by atoms with van der Waals surface area (Å²) in [5.74, 6) is 1.34. The largest absolute Gasteiger partial charge is 0.492 e. The second kappa shape index (κ2) is 6.55. The number of ether oxygens (including phenoxy) is 1. The zero-order valence-corrected chi connectivity index (χ0v) is 12.7. The van der Waals surface area contributed by atoms with Crippen LogP contribution in [0.25, 0.3) is 0 Å².